The number of amides is 1. The molecule has 0 aromatic heterocycles. The molecular formula is C20H31N3O3S. The van der Waals surface area contributed by atoms with Crippen molar-refractivity contribution in [3.63, 3.8) is 0 Å². The minimum atomic E-state index is -3.47. The normalized spacial score (nSPS) is 20.7. The lowest BCUT2D eigenvalue weighted by Gasteiger charge is -2.34. The Balaban J connectivity index is 1.57. The van der Waals surface area contributed by atoms with E-state index >= 15 is 0 Å². The summed E-state index contributed by atoms with van der Waals surface area (Å²) in [6, 6.07) is 7.29. The Morgan fingerprint density at radius 3 is 2.15 bits per heavy atom. The van der Waals surface area contributed by atoms with Gasteiger partial charge in [0.05, 0.1) is 11.4 Å². The zero-order valence-corrected chi connectivity index (χ0v) is 17.2. The molecule has 2 aliphatic heterocycles. The highest BCUT2D eigenvalue weighted by Gasteiger charge is 2.30. The van der Waals surface area contributed by atoms with Crippen molar-refractivity contribution in [1.29, 1.82) is 0 Å². The third kappa shape index (κ3) is 4.70. The van der Waals surface area contributed by atoms with E-state index in [1.54, 1.807) is 16.4 Å². The lowest BCUT2D eigenvalue weighted by Crippen LogP contribution is -2.51. The lowest BCUT2D eigenvalue weighted by atomic mass is 9.99. The van der Waals surface area contributed by atoms with Gasteiger partial charge in [0, 0.05) is 39.3 Å². The number of rotatable bonds is 6. The van der Waals surface area contributed by atoms with E-state index in [-0.39, 0.29) is 5.91 Å². The molecule has 1 atom stereocenters. The van der Waals surface area contributed by atoms with Crippen molar-refractivity contribution in [3.05, 3.63) is 29.8 Å². The topological polar surface area (TPSA) is 60.9 Å². The summed E-state index contributed by atoms with van der Waals surface area (Å²) in [5, 5.41) is 0. The first kappa shape index (κ1) is 20.3. The van der Waals surface area contributed by atoms with Crippen LogP contribution < -0.4 is 0 Å². The molecule has 1 aromatic carbocycles. The molecule has 0 unspecified atom stereocenters. The van der Waals surface area contributed by atoms with Crippen LogP contribution in [0.2, 0.25) is 0 Å². The van der Waals surface area contributed by atoms with Crippen LogP contribution in [0.1, 0.15) is 44.6 Å². The van der Waals surface area contributed by atoms with Crippen molar-refractivity contribution < 1.29 is 13.2 Å². The first-order valence-corrected chi connectivity index (χ1v) is 11.5. The number of sulfonamides is 1. The first-order chi connectivity index (χ1) is 12.9. The molecule has 2 saturated heterocycles. The largest absolute Gasteiger partial charge is 0.342 e. The van der Waals surface area contributed by atoms with E-state index < -0.39 is 10.0 Å². The number of carbonyl (C=O) groups excluding carboxylic acids is 1. The van der Waals surface area contributed by atoms with E-state index in [1.807, 2.05) is 17.0 Å². The molecule has 0 spiro atoms. The molecule has 2 aliphatic rings. The number of piperazine rings is 1. The summed E-state index contributed by atoms with van der Waals surface area (Å²) in [5.41, 5.74) is 1.17. The summed E-state index contributed by atoms with van der Waals surface area (Å²) in [6.45, 7) is 8.46. The van der Waals surface area contributed by atoms with Gasteiger partial charge >= 0.3 is 0 Å². The van der Waals surface area contributed by atoms with Crippen molar-refractivity contribution in [2.24, 2.45) is 0 Å². The number of hydrogen-bond acceptors (Lipinski definition) is 4. The minimum Gasteiger partial charge on any atom is -0.342 e. The van der Waals surface area contributed by atoms with Crippen LogP contribution in [0.3, 0.4) is 0 Å². The fraction of sp³-hybridized carbons (Fsp3) is 0.650. The first-order valence-electron chi connectivity index (χ1n) is 10.0. The van der Waals surface area contributed by atoms with Crippen LogP contribution in [0.15, 0.2) is 29.2 Å². The molecule has 0 bridgehead atoms. The lowest BCUT2D eigenvalue weighted by molar-refractivity contribution is -0.131. The van der Waals surface area contributed by atoms with Crippen LogP contribution in [-0.2, 0) is 14.8 Å². The molecular weight excluding hydrogens is 362 g/mol. The zero-order chi connectivity index (χ0) is 19.4. The highest BCUT2D eigenvalue weighted by molar-refractivity contribution is 7.89. The number of carbonyl (C=O) groups is 1. The highest BCUT2D eigenvalue weighted by Crippen LogP contribution is 2.23. The van der Waals surface area contributed by atoms with Crippen LogP contribution in [0.25, 0.3) is 0 Å². The molecule has 2 fully saturated rings. The average molecular weight is 394 g/mol. The molecule has 1 aromatic rings. The Labute approximate surface area is 163 Å². The Kier molecular flexibility index (Phi) is 6.55. The molecule has 1 amide bonds. The third-order valence-electron chi connectivity index (χ3n) is 5.85. The van der Waals surface area contributed by atoms with Crippen LogP contribution in [0.4, 0.5) is 0 Å². The monoisotopic (exact) mass is 393 g/mol. The predicted molar refractivity (Wildman–Crippen MR) is 106 cm³/mol. The minimum absolute atomic E-state index is 0.171. The molecule has 7 heteroatoms. The summed E-state index contributed by atoms with van der Waals surface area (Å²) in [6.07, 6.45) is 3.21. The van der Waals surface area contributed by atoms with E-state index in [4.69, 9.17) is 0 Å². The van der Waals surface area contributed by atoms with Crippen LogP contribution >= 0.6 is 0 Å². The zero-order valence-electron chi connectivity index (χ0n) is 16.4. The van der Waals surface area contributed by atoms with Gasteiger partial charge in [0.15, 0.2) is 0 Å². The summed E-state index contributed by atoms with van der Waals surface area (Å²) < 4.78 is 27.4. The van der Waals surface area contributed by atoms with E-state index in [1.165, 1.54) is 5.56 Å². The van der Waals surface area contributed by atoms with Gasteiger partial charge in [-0.25, -0.2) is 8.42 Å². The van der Waals surface area contributed by atoms with E-state index in [0.29, 0.717) is 43.5 Å². The Hall–Kier alpha value is -1.44. The fourth-order valence-corrected chi connectivity index (χ4v) is 5.16. The molecule has 6 nitrogen and oxygen atoms in total. The molecule has 27 heavy (non-hydrogen) atoms. The fourth-order valence-electron chi connectivity index (χ4n) is 3.74. The van der Waals surface area contributed by atoms with Crippen molar-refractivity contribution in [3.8, 4) is 0 Å². The van der Waals surface area contributed by atoms with E-state index in [9.17, 15) is 13.2 Å². The molecule has 0 aliphatic carbocycles. The van der Waals surface area contributed by atoms with Gasteiger partial charge in [0.2, 0.25) is 15.9 Å². The van der Waals surface area contributed by atoms with Gasteiger partial charge in [-0.2, -0.15) is 4.31 Å². The Morgan fingerprint density at radius 2 is 1.59 bits per heavy atom. The summed E-state index contributed by atoms with van der Waals surface area (Å²) in [4.78, 5) is 16.6. The molecule has 2 heterocycles. The van der Waals surface area contributed by atoms with Crippen molar-refractivity contribution >= 4 is 15.9 Å². The van der Waals surface area contributed by atoms with Gasteiger partial charge in [-0.1, -0.05) is 26.0 Å². The van der Waals surface area contributed by atoms with Crippen molar-refractivity contribution in [2.75, 3.05) is 45.8 Å². The van der Waals surface area contributed by atoms with Gasteiger partial charge in [0.25, 0.3) is 0 Å². The molecule has 0 radical (unpaired) electrons. The SMILES string of the molecule is CC[C@@H](C)c1ccc(S(=O)(=O)N2CCN(CC(=O)N3CCCC3)CC2)cc1. The maximum absolute atomic E-state index is 12.9. The molecule has 0 saturated carbocycles. The second kappa shape index (κ2) is 8.71. The van der Waals surface area contributed by atoms with Gasteiger partial charge in [-0.05, 0) is 42.9 Å². The third-order valence-corrected chi connectivity index (χ3v) is 7.76. The van der Waals surface area contributed by atoms with Crippen LogP contribution in [0, 0.1) is 0 Å². The second-order valence-electron chi connectivity index (χ2n) is 7.65. The second-order valence-corrected chi connectivity index (χ2v) is 9.58. The highest BCUT2D eigenvalue weighted by atomic mass is 32.2. The van der Waals surface area contributed by atoms with Gasteiger partial charge < -0.3 is 4.90 Å². The standard InChI is InChI=1S/C20H31N3O3S/c1-3-17(2)18-6-8-19(9-7-18)27(25,26)23-14-12-21(13-15-23)16-20(24)22-10-4-5-11-22/h6-9,17H,3-5,10-16H2,1-2H3/t17-/m1/s1. The summed E-state index contributed by atoms with van der Waals surface area (Å²) in [5.74, 6) is 0.600. The number of hydrogen-bond donors (Lipinski definition) is 0. The number of nitrogens with zero attached hydrogens (tertiary/aromatic N) is 3. The number of benzene rings is 1. The van der Waals surface area contributed by atoms with Gasteiger partial charge in [0.1, 0.15) is 0 Å². The maximum Gasteiger partial charge on any atom is 0.243 e. The Morgan fingerprint density at radius 1 is 1.00 bits per heavy atom. The van der Waals surface area contributed by atoms with Crippen LogP contribution in [-0.4, -0.2) is 74.2 Å². The van der Waals surface area contributed by atoms with Crippen LogP contribution in [0.5, 0.6) is 0 Å². The smallest absolute Gasteiger partial charge is 0.243 e. The average Bonchev–Trinajstić information content (AvgIpc) is 3.23. The van der Waals surface area contributed by atoms with Gasteiger partial charge in [-0.15, -0.1) is 0 Å². The Bertz CT molecular complexity index is 734. The molecule has 0 N–H and O–H groups in total. The van der Waals surface area contributed by atoms with Crippen molar-refractivity contribution in [1.82, 2.24) is 14.1 Å². The predicted octanol–water partition coefficient (Wildman–Crippen LogP) is 2.13. The number of likely N-dealkylation sites (tertiary alicyclic amines) is 1. The molecule has 150 valence electrons. The van der Waals surface area contributed by atoms with E-state index in [2.05, 4.69) is 18.7 Å². The maximum atomic E-state index is 12.9. The molecule has 3 rings (SSSR count). The summed E-state index contributed by atoms with van der Waals surface area (Å²) in [7, 11) is -3.47. The van der Waals surface area contributed by atoms with Crippen molar-refractivity contribution in [2.45, 2.75) is 43.9 Å². The van der Waals surface area contributed by atoms with Gasteiger partial charge in [-0.3, -0.25) is 9.69 Å². The quantitative estimate of drug-likeness (QED) is 0.743. The summed E-state index contributed by atoms with van der Waals surface area (Å²) >= 11 is 0. The van der Waals surface area contributed by atoms with E-state index in [0.717, 1.165) is 32.4 Å².